The van der Waals surface area contributed by atoms with Crippen molar-refractivity contribution in [3.05, 3.63) is 48.4 Å². The Morgan fingerprint density at radius 2 is 2.00 bits per heavy atom. The van der Waals surface area contributed by atoms with Crippen LogP contribution in [0.4, 0.5) is 5.69 Å². The lowest BCUT2D eigenvalue weighted by molar-refractivity contribution is 0.578. The van der Waals surface area contributed by atoms with E-state index in [1.54, 1.807) is 24.5 Å². The Hall–Kier alpha value is -1.99. The van der Waals surface area contributed by atoms with E-state index in [4.69, 9.17) is 0 Å². The second-order valence-corrected chi connectivity index (χ2v) is 6.08. The first-order valence-corrected chi connectivity index (χ1v) is 8.19. The molecule has 0 aliphatic rings. The summed E-state index contributed by atoms with van der Waals surface area (Å²) in [7, 11) is -3.63. The van der Waals surface area contributed by atoms with Crippen LogP contribution in [-0.2, 0) is 16.4 Å². The molecule has 21 heavy (non-hydrogen) atoms. The summed E-state index contributed by atoms with van der Waals surface area (Å²) in [5.74, 6) is 0. The van der Waals surface area contributed by atoms with Crippen LogP contribution in [0, 0.1) is 0 Å². The summed E-state index contributed by atoms with van der Waals surface area (Å²) in [5.41, 5.74) is 1.49. The first-order chi connectivity index (χ1) is 10.1. The van der Waals surface area contributed by atoms with Gasteiger partial charge in [-0.2, -0.15) is 0 Å². The highest BCUT2D eigenvalue weighted by Crippen LogP contribution is 2.17. The molecule has 2 rings (SSSR count). The smallest absolute Gasteiger partial charge is 0.260 e. The Morgan fingerprint density at radius 1 is 1.19 bits per heavy atom. The molecule has 112 valence electrons. The molecule has 0 amide bonds. The van der Waals surface area contributed by atoms with Gasteiger partial charge in [0.15, 0.2) is 5.03 Å². The average Bonchev–Trinajstić information content (AvgIpc) is 2.49. The first-order valence-electron chi connectivity index (χ1n) is 6.71. The maximum Gasteiger partial charge on any atom is 0.260 e. The monoisotopic (exact) mass is 306 g/mol. The second kappa shape index (κ2) is 7.14. The van der Waals surface area contributed by atoms with Crippen LogP contribution in [-0.4, -0.2) is 31.5 Å². The van der Waals surface area contributed by atoms with Crippen molar-refractivity contribution in [3.63, 3.8) is 0 Å². The molecular weight excluding hydrogens is 288 g/mol. The molecule has 0 aromatic carbocycles. The van der Waals surface area contributed by atoms with Crippen molar-refractivity contribution in [1.82, 2.24) is 14.7 Å². The second-order valence-electron chi connectivity index (χ2n) is 4.40. The fourth-order valence-corrected chi connectivity index (χ4v) is 3.01. The van der Waals surface area contributed by atoms with Crippen molar-refractivity contribution < 1.29 is 8.42 Å². The fourth-order valence-electron chi connectivity index (χ4n) is 1.87. The van der Waals surface area contributed by atoms with Gasteiger partial charge in [-0.1, -0.05) is 6.07 Å². The van der Waals surface area contributed by atoms with Crippen LogP contribution in [0.5, 0.6) is 0 Å². The summed E-state index contributed by atoms with van der Waals surface area (Å²) in [6.45, 7) is 2.83. The molecule has 0 unspecified atom stereocenters. The van der Waals surface area contributed by atoms with Gasteiger partial charge in [0.05, 0.1) is 5.69 Å². The Bertz CT molecular complexity index is 674. The summed E-state index contributed by atoms with van der Waals surface area (Å²) >= 11 is 0. The van der Waals surface area contributed by atoms with Crippen molar-refractivity contribution in [1.29, 1.82) is 0 Å². The minimum atomic E-state index is -3.63. The number of hydrogen-bond acceptors (Lipinski definition) is 5. The van der Waals surface area contributed by atoms with E-state index >= 15 is 0 Å². The number of nitrogens with zero attached hydrogens (tertiary/aromatic N) is 2. The number of rotatable bonds is 7. The van der Waals surface area contributed by atoms with Gasteiger partial charge in [-0.15, -0.1) is 0 Å². The van der Waals surface area contributed by atoms with Gasteiger partial charge in [0, 0.05) is 31.7 Å². The number of aromatic nitrogens is 2. The Kier molecular flexibility index (Phi) is 5.24. The number of anilines is 1. The average molecular weight is 306 g/mol. The lowest BCUT2D eigenvalue weighted by Gasteiger charge is -2.11. The molecular formula is C14H18N4O2S. The third-order valence-electron chi connectivity index (χ3n) is 2.82. The first kappa shape index (κ1) is 15.4. The lowest BCUT2D eigenvalue weighted by Crippen LogP contribution is -2.27. The van der Waals surface area contributed by atoms with E-state index in [9.17, 15) is 8.42 Å². The van der Waals surface area contributed by atoms with E-state index in [2.05, 4.69) is 20.0 Å². The standard InChI is InChI=1S/C14H18N4O2S/c1-2-16-13-6-4-9-17-14(13)21(19,20)18-10-7-12-5-3-8-15-11-12/h3-6,8-9,11,16,18H,2,7,10H2,1H3. The van der Waals surface area contributed by atoms with Crippen LogP contribution in [0.3, 0.4) is 0 Å². The molecule has 7 heteroatoms. The SMILES string of the molecule is CCNc1cccnc1S(=O)(=O)NCCc1cccnc1. The van der Waals surface area contributed by atoms with Crippen molar-refractivity contribution in [2.45, 2.75) is 18.4 Å². The highest BCUT2D eigenvalue weighted by Gasteiger charge is 2.19. The van der Waals surface area contributed by atoms with Gasteiger partial charge in [0.2, 0.25) is 0 Å². The van der Waals surface area contributed by atoms with E-state index < -0.39 is 10.0 Å². The molecule has 0 fully saturated rings. The number of sulfonamides is 1. The highest BCUT2D eigenvalue weighted by molar-refractivity contribution is 7.89. The minimum absolute atomic E-state index is 0.0260. The molecule has 0 radical (unpaired) electrons. The van der Waals surface area contributed by atoms with E-state index in [0.717, 1.165) is 5.56 Å². The molecule has 0 aliphatic heterocycles. The topological polar surface area (TPSA) is 84.0 Å². The van der Waals surface area contributed by atoms with E-state index in [0.29, 0.717) is 25.2 Å². The largest absolute Gasteiger partial charge is 0.383 e. The zero-order valence-electron chi connectivity index (χ0n) is 11.8. The molecule has 0 aliphatic carbocycles. The maximum atomic E-state index is 12.3. The molecule has 2 aromatic heterocycles. The van der Waals surface area contributed by atoms with Gasteiger partial charge in [-0.3, -0.25) is 4.98 Å². The number of hydrogen-bond donors (Lipinski definition) is 2. The summed E-state index contributed by atoms with van der Waals surface area (Å²) in [5, 5.41) is 3.02. The third kappa shape index (κ3) is 4.24. The number of nitrogens with one attached hydrogen (secondary N) is 2. The summed E-state index contributed by atoms with van der Waals surface area (Å²) in [6.07, 6.45) is 5.45. The Balaban J connectivity index is 2.05. The summed E-state index contributed by atoms with van der Waals surface area (Å²) in [4.78, 5) is 7.97. The van der Waals surface area contributed by atoms with Gasteiger partial charge in [0.1, 0.15) is 0 Å². The third-order valence-corrected chi connectivity index (χ3v) is 4.24. The predicted molar refractivity (Wildman–Crippen MR) is 81.5 cm³/mol. The van der Waals surface area contributed by atoms with Crippen molar-refractivity contribution in [2.75, 3.05) is 18.4 Å². The molecule has 0 bridgehead atoms. The summed E-state index contributed by atoms with van der Waals surface area (Å²) < 4.78 is 27.1. The zero-order valence-corrected chi connectivity index (χ0v) is 12.6. The molecule has 2 aromatic rings. The van der Waals surface area contributed by atoms with Crippen molar-refractivity contribution in [3.8, 4) is 0 Å². The van der Waals surface area contributed by atoms with Crippen LogP contribution in [0.15, 0.2) is 47.9 Å². The maximum absolute atomic E-state index is 12.3. The predicted octanol–water partition coefficient (Wildman–Crippen LogP) is 1.43. The van der Waals surface area contributed by atoms with E-state index in [-0.39, 0.29) is 5.03 Å². The normalized spacial score (nSPS) is 11.3. The lowest BCUT2D eigenvalue weighted by atomic mass is 10.2. The van der Waals surface area contributed by atoms with Crippen molar-refractivity contribution >= 4 is 15.7 Å². The van der Waals surface area contributed by atoms with Crippen LogP contribution in [0.2, 0.25) is 0 Å². The quantitative estimate of drug-likeness (QED) is 0.808. The molecule has 0 saturated heterocycles. The van der Waals surface area contributed by atoms with E-state index in [1.807, 2.05) is 19.1 Å². The molecule has 0 spiro atoms. The van der Waals surface area contributed by atoms with E-state index in [1.165, 1.54) is 6.20 Å². The Morgan fingerprint density at radius 3 is 2.71 bits per heavy atom. The van der Waals surface area contributed by atoms with Gasteiger partial charge in [-0.25, -0.2) is 18.1 Å². The summed E-state index contributed by atoms with van der Waals surface area (Å²) in [6, 6.07) is 7.14. The zero-order chi connectivity index (χ0) is 15.1. The fraction of sp³-hybridized carbons (Fsp3) is 0.286. The highest BCUT2D eigenvalue weighted by atomic mass is 32.2. The Labute approximate surface area is 124 Å². The molecule has 0 saturated carbocycles. The minimum Gasteiger partial charge on any atom is -0.383 e. The van der Waals surface area contributed by atoms with Crippen LogP contribution in [0.25, 0.3) is 0 Å². The van der Waals surface area contributed by atoms with Gasteiger partial charge in [-0.05, 0) is 37.1 Å². The molecule has 2 N–H and O–H groups in total. The van der Waals surface area contributed by atoms with Gasteiger partial charge in [0.25, 0.3) is 10.0 Å². The van der Waals surface area contributed by atoms with Crippen molar-refractivity contribution in [2.24, 2.45) is 0 Å². The van der Waals surface area contributed by atoms with Gasteiger partial charge < -0.3 is 5.32 Å². The molecule has 2 heterocycles. The van der Waals surface area contributed by atoms with Crippen LogP contribution >= 0.6 is 0 Å². The van der Waals surface area contributed by atoms with Crippen LogP contribution in [0.1, 0.15) is 12.5 Å². The molecule has 0 atom stereocenters. The number of pyridine rings is 2. The van der Waals surface area contributed by atoms with Gasteiger partial charge >= 0.3 is 0 Å². The van der Waals surface area contributed by atoms with Crippen LogP contribution < -0.4 is 10.0 Å². The molecule has 6 nitrogen and oxygen atoms in total.